The summed E-state index contributed by atoms with van der Waals surface area (Å²) in [6, 6.07) is 18.8. The van der Waals surface area contributed by atoms with Crippen molar-refractivity contribution in [2.75, 3.05) is 0 Å². The molecular formula is C25H28N4O3S. The van der Waals surface area contributed by atoms with Gasteiger partial charge in [0.05, 0.1) is 6.04 Å². The molecule has 0 spiro atoms. The fraction of sp³-hybridized carbons (Fsp3) is 0.320. The predicted octanol–water partition coefficient (Wildman–Crippen LogP) is 4.26. The van der Waals surface area contributed by atoms with Gasteiger partial charge in [-0.1, -0.05) is 61.4 Å². The van der Waals surface area contributed by atoms with Crippen LogP contribution < -0.4 is 20.7 Å². The Labute approximate surface area is 197 Å². The summed E-state index contributed by atoms with van der Waals surface area (Å²) in [6.07, 6.45) is 3.69. The number of hydrogen-bond acceptors (Lipinski definition) is 5. The number of carbonyl (C=O) groups is 2. The maximum Gasteiger partial charge on any atom is 0.315 e. The van der Waals surface area contributed by atoms with E-state index in [9.17, 15) is 9.59 Å². The molecular weight excluding hydrogens is 436 g/mol. The molecule has 3 amide bonds. The smallest absolute Gasteiger partial charge is 0.315 e. The standard InChI is InChI=1S/C25H28N4O3S/c30-24(22-17-33-23(27-22)16-32-19-11-5-2-6-12-19)28-20-13-7-8-14-21(20)29-25(31)26-15-18-9-3-1-4-10-18/h1-6,9-12,17,20-21H,7-8,13-16H2,(H,28,30)(H2,26,29,31). The Bertz CT molecular complexity index is 1040. The molecule has 1 aliphatic carbocycles. The molecule has 8 heteroatoms. The molecule has 2 unspecified atom stereocenters. The van der Waals surface area contributed by atoms with Gasteiger partial charge in [-0.15, -0.1) is 11.3 Å². The maximum atomic E-state index is 12.8. The Morgan fingerprint density at radius 2 is 1.61 bits per heavy atom. The van der Waals surface area contributed by atoms with Crippen LogP contribution in [0.15, 0.2) is 66.0 Å². The maximum absolute atomic E-state index is 12.8. The molecule has 1 heterocycles. The minimum absolute atomic E-state index is 0.113. The van der Waals surface area contributed by atoms with Crippen LogP contribution >= 0.6 is 11.3 Å². The van der Waals surface area contributed by atoms with Crippen molar-refractivity contribution < 1.29 is 14.3 Å². The molecule has 0 bridgehead atoms. The molecule has 7 nitrogen and oxygen atoms in total. The minimum atomic E-state index is -0.223. The lowest BCUT2D eigenvalue weighted by molar-refractivity contribution is 0.0911. The van der Waals surface area contributed by atoms with Crippen molar-refractivity contribution in [3.8, 4) is 5.75 Å². The number of carbonyl (C=O) groups excluding carboxylic acids is 2. The first kappa shape index (κ1) is 22.8. The molecule has 1 aliphatic rings. The van der Waals surface area contributed by atoms with E-state index in [4.69, 9.17) is 4.74 Å². The van der Waals surface area contributed by atoms with Crippen molar-refractivity contribution >= 4 is 23.3 Å². The third-order valence-electron chi connectivity index (χ3n) is 5.58. The van der Waals surface area contributed by atoms with Crippen molar-refractivity contribution in [2.45, 2.75) is 50.9 Å². The molecule has 172 valence electrons. The number of urea groups is 1. The van der Waals surface area contributed by atoms with Crippen LogP contribution in [0.5, 0.6) is 5.75 Å². The van der Waals surface area contributed by atoms with Gasteiger partial charge in [0.1, 0.15) is 23.1 Å². The van der Waals surface area contributed by atoms with Crippen LogP contribution in [0, 0.1) is 0 Å². The number of nitrogens with one attached hydrogen (secondary N) is 3. The number of aromatic nitrogens is 1. The van der Waals surface area contributed by atoms with E-state index in [1.165, 1.54) is 11.3 Å². The summed E-state index contributed by atoms with van der Waals surface area (Å²) >= 11 is 1.40. The van der Waals surface area contributed by atoms with Gasteiger partial charge < -0.3 is 20.7 Å². The third kappa shape index (κ3) is 6.79. The second-order valence-electron chi connectivity index (χ2n) is 8.01. The number of rotatable bonds is 8. The monoisotopic (exact) mass is 464 g/mol. The lowest BCUT2D eigenvalue weighted by Gasteiger charge is -2.32. The summed E-state index contributed by atoms with van der Waals surface area (Å²) in [7, 11) is 0. The summed E-state index contributed by atoms with van der Waals surface area (Å²) in [5.74, 6) is 0.543. The molecule has 0 saturated heterocycles. The van der Waals surface area contributed by atoms with E-state index in [0.717, 1.165) is 42.0 Å². The number of thiazole rings is 1. The first-order valence-electron chi connectivity index (χ1n) is 11.2. The fourth-order valence-electron chi connectivity index (χ4n) is 3.86. The first-order valence-corrected chi connectivity index (χ1v) is 12.1. The summed E-state index contributed by atoms with van der Waals surface area (Å²) in [6.45, 7) is 0.778. The minimum Gasteiger partial charge on any atom is -0.486 e. The molecule has 2 aromatic carbocycles. The van der Waals surface area contributed by atoms with Crippen LogP contribution in [0.25, 0.3) is 0 Å². The van der Waals surface area contributed by atoms with Crippen molar-refractivity contribution in [3.63, 3.8) is 0 Å². The fourth-order valence-corrected chi connectivity index (χ4v) is 4.55. The van der Waals surface area contributed by atoms with Gasteiger partial charge in [-0.3, -0.25) is 4.79 Å². The second-order valence-corrected chi connectivity index (χ2v) is 8.95. The van der Waals surface area contributed by atoms with Crippen molar-refractivity contribution in [2.24, 2.45) is 0 Å². The van der Waals surface area contributed by atoms with Crippen molar-refractivity contribution in [1.29, 1.82) is 0 Å². The molecule has 0 aliphatic heterocycles. The highest BCUT2D eigenvalue weighted by molar-refractivity contribution is 7.09. The highest BCUT2D eigenvalue weighted by Gasteiger charge is 2.28. The summed E-state index contributed by atoms with van der Waals surface area (Å²) in [4.78, 5) is 29.6. The quantitative estimate of drug-likeness (QED) is 0.464. The zero-order chi connectivity index (χ0) is 22.9. The zero-order valence-corrected chi connectivity index (χ0v) is 19.1. The lowest BCUT2D eigenvalue weighted by Crippen LogP contribution is -2.55. The van der Waals surface area contributed by atoms with Gasteiger partial charge in [0.2, 0.25) is 0 Å². The highest BCUT2D eigenvalue weighted by Crippen LogP contribution is 2.20. The summed E-state index contributed by atoms with van der Waals surface area (Å²) < 4.78 is 5.71. The van der Waals surface area contributed by atoms with E-state index < -0.39 is 0 Å². The Morgan fingerprint density at radius 3 is 2.33 bits per heavy atom. The molecule has 2 atom stereocenters. The Kier molecular flexibility index (Phi) is 7.92. The SMILES string of the molecule is O=C(NCc1ccccc1)NC1CCCCC1NC(=O)c1csc(COc2ccccc2)n1. The van der Waals surface area contributed by atoms with Gasteiger partial charge in [0, 0.05) is 18.0 Å². The summed E-state index contributed by atoms with van der Waals surface area (Å²) in [5.41, 5.74) is 1.42. The molecule has 1 fully saturated rings. The van der Waals surface area contributed by atoms with Crippen molar-refractivity contribution in [1.82, 2.24) is 20.9 Å². The zero-order valence-electron chi connectivity index (χ0n) is 18.3. The molecule has 4 rings (SSSR count). The Hall–Kier alpha value is -3.39. The molecule has 3 N–H and O–H groups in total. The van der Waals surface area contributed by atoms with E-state index in [1.807, 2.05) is 60.7 Å². The number of hydrogen-bond donors (Lipinski definition) is 3. The number of nitrogens with zero attached hydrogens (tertiary/aromatic N) is 1. The van der Waals surface area contributed by atoms with Crippen LogP contribution in [0.2, 0.25) is 0 Å². The average molecular weight is 465 g/mol. The van der Waals surface area contributed by atoms with Gasteiger partial charge in [-0.2, -0.15) is 0 Å². The highest BCUT2D eigenvalue weighted by atomic mass is 32.1. The van der Waals surface area contributed by atoms with E-state index >= 15 is 0 Å². The van der Waals surface area contributed by atoms with Gasteiger partial charge in [0.15, 0.2) is 0 Å². The van der Waals surface area contributed by atoms with E-state index in [2.05, 4.69) is 20.9 Å². The van der Waals surface area contributed by atoms with Gasteiger partial charge in [-0.25, -0.2) is 9.78 Å². The van der Waals surface area contributed by atoms with Crippen LogP contribution in [0.1, 0.15) is 46.7 Å². The van der Waals surface area contributed by atoms with Gasteiger partial charge >= 0.3 is 6.03 Å². The third-order valence-corrected chi connectivity index (χ3v) is 6.41. The lowest BCUT2D eigenvalue weighted by atomic mass is 9.90. The number of benzene rings is 2. The van der Waals surface area contributed by atoms with Gasteiger partial charge in [0.25, 0.3) is 5.91 Å². The van der Waals surface area contributed by atoms with E-state index in [1.54, 1.807) is 5.38 Å². The van der Waals surface area contributed by atoms with E-state index in [-0.39, 0.29) is 24.0 Å². The first-order chi connectivity index (χ1) is 16.2. The number of ether oxygens (including phenoxy) is 1. The van der Waals surface area contributed by atoms with Crippen LogP contribution in [0.4, 0.5) is 4.79 Å². The van der Waals surface area contributed by atoms with Gasteiger partial charge in [-0.05, 0) is 30.5 Å². The average Bonchev–Trinajstić information content (AvgIpc) is 3.33. The Balaban J connectivity index is 1.28. The van der Waals surface area contributed by atoms with Crippen LogP contribution in [0.3, 0.4) is 0 Å². The predicted molar refractivity (Wildman–Crippen MR) is 128 cm³/mol. The molecule has 3 aromatic rings. The normalized spacial score (nSPS) is 17.7. The largest absolute Gasteiger partial charge is 0.486 e. The number of amides is 3. The second kappa shape index (κ2) is 11.5. The summed E-state index contributed by atoms with van der Waals surface area (Å²) in [5, 5.41) is 11.5. The Morgan fingerprint density at radius 1 is 0.939 bits per heavy atom. The molecule has 1 saturated carbocycles. The molecule has 33 heavy (non-hydrogen) atoms. The number of para-hydroxylation sites is 1. The topological polar surface area (TPSA) is 92.4 Å². The van der Waals surface area contributed by atoms with Crippen molar-refractivity contribution in [3.05, 3.63) is 82.3 Å². The van der Waals surface area contributed by atoms with Crippen LogP contribution in [-0.4, -0.2) is 29.0 Å². The molecule has 0 radical (unpaired) electrons. The van der Waals surface area contributed by atoms with E-state index in [0.29, 0.717) is 18.8 Å². The van der Waals surface area contributed by atoms with Crippen LogP contribution in [-0.2, 0) is 13.2 Å². The molecule has 1 aromatic heterocycles.